The Bertz CT molecular complexity index is 665. The van der Waals surface area contributed by atoms with Gasteiger partial charge in [-0.15, -0.1) is 0 Å². The molecule has 23 heavy (non-hydrogen) atoms. The van der Waals surface area contributed by atoms with E-state index in [-0.39, 0.29) is 0 Å². The Hall–Kier alpha value is -2.40. The van der Waals surface area contributed by atoms with Gasteiger partial charge in [-0.1, -0.05) is 32.2 Å². The van der Waals surface area contributed by atoms with Crippen molar-refractivity contribution in [2.45, 2.75) is 19.9 Å². The van der Waals surface area contributed by atoms with Crippen molar-refractivity contribution in [1.82, 2.24) is 20.2 Å². The molecule has 122 valence electrons. The summed E-state index contributed by atoms with van der Waals surface area (Å²) in [6.45, 7) is 11.9. The third kappa shape index (κ3) is 5.07. The molecule has 0 spiro atoms. The molecule has 0 bridgehead atoms. The van der Waals surface area contributed by atoms with Gasteiger partial charge in [0.15, 0.2) is 0 Å². The van der Waals surface area contributed by atoms with Crippen molar-refractivity contribution in [1.29, 1.82) is 0 Å². The van der Waals surface area contributed by atoms with Crippen LogP contribution in [0.3, 0.4) is 0 Å². The Morgan fingerprint density at radius 1 is 1.43 bits per heavy atom. The van der Waals surface area contributed by atoms with Gasteiger partial charge in [0, 0.05) is 12.2 Å². The molecule has 2 aromatic rings. The zero-order chi connectivity index (χ0) is 16.7. The Morgan fingerprint density at radius 3 is 2.91 bits per heavy atom. The van der Waals surface area contributed by atoms with Crippen LogP contribution in [0.1, 0.15) is 19.2 Å². The van der Waals surface area contributed by atoms with Crippen molar-refractivity contribution in [2.75, 3.05) is 20.1 Å². The maximum Gasteiger partial charge on any atom is 0.121 e. The highest BCUT2D eigenvalue weighted by Gasteiger charge is 2.09. The summed E-state index contributed by atoms with van der Waals surface area (Å²) in [7, 11) is 2.05. The highest BCUT2D eigenvalue weighted by Crippen LogP contribution is 2.11. The van der Waals surface area contributed by atoms with E-state index < -0.39 is 0 Å². The lowest BCUT2D eigenvalue weighted by molar-refractivity contribution is 0.362. The molecule has 0 radical (unpaired) electrons. The van der Waals surface area contributed by atoms with Crippen molar-refractivity contribution in [3.63, 3.8) is 0 Å². The average Bonchev–Trinajstić information content (AvgIpc) is 2.94. The number of benzene rings is 1. The summed E-state index contributed by atoms with van der Waals surface area (Å²) in [5.41, 5.74) is 2.82. The minimum absolute atomic E-state index is 0.698. The van der Waals surface area contributed by atoms with E-state index in [0.29, 0.717) is 6.54 Å². The molecule has 2 rings (SSSR count). The van der Waals surface area contributed by atoms with Crippen LogP contribution < -0.4 is 5.32 Å². The SMILES string of the molecule is C=CC(=C)NC(CN(C)Cc1nc2ccccc2[nH]1)=NCCC. The molecule has 0 unspecified atom stereocenters. The van der Waals surface area contributed by atoms with Gasteiger partial charge < -0.3 is 10.3 Å². The molecule has 0 aliphatic rings. The monoisotopic (exact) mass is 311 g/mol. The highest BCUT2D eigenvalue weighted by molar-refractivity contribution is 5.86. The number of para-hydroxylation sites is 2. The largest absolute Gasteiger partial charge is 0.344 e. The molecule has 1 aromatic carbocycles. The first kappa shape index (κ1) is 17.0. The predicted molar refractivity (Wildman–Crippen MR) is 97.5 cm³/mol. The second kappa shape index (κ2) is 8.29. The molecule has 0 saturated heterocycles. The van der Waals surface area contributed by atoms with Gasteiger partial charge in [0.2, 0.25) is 0 Å². The van der Waals surface area contributed by atoms with Crippen molar-refractivity contribution < 1.29 is 0 Å². The lowest BCUT2D eigenvalue weighted by atomic mass is 10.3. The molecule has 2 N–H and O–H groups in total. The summed E-state index contributed by atoms with van der Waals surface area (Å²) in [5.74, 6) is 1.85. The lowest BCUT2D eigenvalue weighted by Crippen LogP contribution is -2.34. The molecule has 0 aliphatic carbocycles. The van der Waals surface area contributed by atoms with Crippen LogP contribution in [0.4, 0.5) is 0 Å². The van der Waals surface area contributed by atoms with Crippen LogP contribution >= 0.6 is 0 Å². The maximum absolute atomic E-state index is 4.61. The number of fused-ring (bicyclic) bond motifs is 1. The van der Waals surface area contributed by atoms with Crippen molar-refractivity contribution >= 4 is 16.9 Å². The number of rotatable bonds is 8. The van der Waals surface area contributed by atoms with Crippen molar-refractivity contribution in [3.05, 3.63) is 55.0 Å². The second-order valence-corrected chi connectivity index (χ2v) is 5.56. The number of amidine groups is 1. The molecule has 0 amide bonds. The molecular formula is C18H25N5. The summed E-state index contributed by atoms with van der Waals surface area (Å²) >= 11 is 0. The second-order valence-electron chi connectivity index (χ2n) is 5.56. The van der Waals surface area contributed by atoms with Crippen LogP contribution in [0.2, 0.25) is 0 Å². The number of nitrogens with one attached hydrogen (secondary N) is 2. The Morgan fingerprint density at radius 2 is 2.22 bits per heavy atom. The van der Waals surface area contributed by atoms with Crippen molar-refractivity contribution in [3.8, 4) is 0 Å². The van der Waals surface area contributed by atoms with Crippen LogP contribution in [0.15, 0.2) is 54.2 Å². The number of nitrogens with zero attached hydrogens (tertiary/aromatic N) is 3. The van der Waals surface area contributed by atoms with Gasteiger partial charge in [-0.3, -0.25) is 9.89 Å². The number of imidazole rings is 1. The number of aromatic nitrogens is 2. The van der Waals surface area contributed by atoms with E-state index in [1.54, 1.807) is 6.08 Å². The third-order valence-electron chi connectivity index (χ3n) is 3.36. The fourth-order valence-corrected chi connectivity index (χ4v) is 2.26. The molecule has 5 nitrogen and oxygen atoms in total. The van der Waals surface area contributed by atoms with Crippen LogP contribution in [-0.2, 0) is 6.54 Å². The van der Waals surface area contributed by atoms with E-state index in [0.717, 1.165) is 47.9 Å². The van der Waals surface area contributed by atoms with Gasteiger partial charge in [0.25, 0.3) is 0 Å². The van der Waals surface area contributed by atoms with Gasteiger partial charge in [0.05, 0.1) is 24.1 Å². The third-order valence-corrected chi connectivity index (χ3v) is 3.36. The Kier molecular flexibility index (Phi) is 6.11. The van der Waals surface area contributed by atoms with E-state index in [1.165, 1.54) is 0 Å². The zero-order valence-electron chi connectivity index (χ0n) is 14.0. The molecule has 1 aromatic heterocycles. The smallest absolute Gasteiger partial charge is 0.121 e. The van der Waals surface area contributed by atoms with Gasteiger partial charge in [-0.2, -0.15) is 0 Å². The highest BCUT2D eigenvalue weighted by atomic mass is 15.2. The molecular weight excluding hydrogens is 286 g/mol. The van der Waals surface area contributed by atoms with Gasteiger partial charge >= 0.3 is 0 Å². The molecule has 5 heteroatoms. The van der Waals surface area contributed by atoms with E-state index in [2.05, 4.69) is 45.3 Å². The van der Waals surface area contributed by atoms with Crippen LogP contribution in [0, 0.1) is 0 Å². The quantitative estimate of drug-likeness (QED) is 0.447. The fraction of sp³-hybridized carbons (Fsp3) is 0.333. The molecule has 0 saturated carbocycles. The van der Waals surface area contributed by atoms with Gasteiger partial charge in [-0.25, -0.2) is 4.98 Å². The first-order valence-electron chi connectivity index (χ1n) is 7.86. The van der Waals surface area contributed by atoms with Gasteiger partial charge in [0.1, 0.15) is 11.7 Å². The lowest BCUT2D eigenvalue weighted by Gasteiger charge is -2.18. The minimum atomic E-state index is 0.698. The van der Waals surface area contributed by atoms with Crippen LogP contribution in [0.5, 0.6) is 0 Å². The number of hydrogen-bond acceptors (Lipinski definition) is 3. The van der Waals surface area contributed by atoms with E-state index in [1.807, 2.05) is 31.3 Å². The molecule has 1 heterocycles. The summed E-state index contributed by atoms with van der Waals surface area (Å²) < 4.78 is 0. The maximum atomic E-state index is 4.61. The first-order valence-corrected chi connectivity index (χ1v) is 7.86. The fourth-order valence-electron chi connectivity index (χ4n) is 2.26. The first-order chi connectivity index (χ1) is 11.1. The standard InChI is InChI=1S/C18H25N5/c1-5-11-19-17(20-14(3)6-2)12-23(4)13-18-21-15-9-7-8-10-16(15)22-18/h6-10H,2-3,5,11-13H2,1,4H3,(H,19,20)(H,21,22). The van der Waals surface area contributed by atoms with Gasteiger partial charge in [-0.05, 0) is 31.7 Å². The predicted octanol–water partition coefficient (Wildman–Crippen LogP) is 3.09. The number of H-pyrrole nitrogens is 1. The number of hydrogen-bond donors (Lipinski definition) is 2. The zero-order valence-corrected chi connectivity index (χ0v) is 14.0. The molecule has 0 fully saturated rings. The number of aromatic amines is 1. The van der Waals surface area contributed by atoms with Crippen LogP contribution in [0.25, 0.3) is 11.0 Å². The summed E-state index contributed by atoms with van der Waals surface area (Å²) in [5, 5.41) is 3.21. The summed E-state index contributed by atoms with van der Waals surface area (Å²) in [4.78, 5) is 14.7. The molecule has 0 aliphatic heterocycles. The minimum Gasteiger partial charge on any atom is -0.344 e. The number of aliphatic imine (C=N–C) groups is 1. The number of likely N-dealkylation sites (N-methyl/N-ethyl adjacent to an activating group) is 1. The summed E-state index contributed by atoms with van der Waals surface area (Å²) in [6, 6.07) is 8.06. The number of allylic oxidation sites excluding steroid dienone is 1. The summed E-state index contributed by atoms with van der Waals surface area (Å²) in [6.07, 6.45) is 2.71. The van der Waals surface area contributed by atoms with E-state index in [9.17, 15) is 0 Å². The Labute approximate surface area is 137 Å². The van der Waals surface area contributed by atoms with Crippen LogP contribution in [-0.4, -0.2) is 40.8 Å². The average molecular weight is 311 g/mol. The normalized spacial score (nSPS) is 11.9. The topological polar surface area (TPSA) is 56.3 Å². The Balaban J connectivity index is 2.01. The van der Waals surface area contributed by atoms with E-state index >= 15 is 0 Å². The molecule has 0 atom stereocenters. The van der Waals surface area contributed by atoms with E-state index in [4.69, 9.17) is 0 Å². The van der Waals surface area contributed by atoms with Crippen molar-refractivity contribution in [2.24, 2.45) is 4.99 Å².